The Bertz CT molecular complexity index is 1670. The zero-order valence-electron chi connectivity index (χ0n) is 70.8. The highest BCUT2D eigenvalue weighted by molar-refractivity contribution is 6.74. The molecule has 0 aromatic carbocycles. The van der Waals surface area contributed by atoms with Gasteiger partial charge in [0, 0.05) is 6.61 Å². The van der Waals surface area contributed by atoms with Gasteiger partial charge in [0.1, 0.15) is 0 Å². The fourth-order valence-electron chi connectivity index (χ4n) is 17.0. The van der Waals surface area contributed by atoms with E-state index < -0.39 is 14.3 Å². The van der Waals surface area contributed by atoms with Gasteiger partial charge < -0.3 is 19.0 Å². The van der Waals surface area contributed by atoms with Crippen LogP contribution in [-0.2, 0) is 18.7 Å². The Morgan fingerprint density at radius 3 is 0.891 bits per heavy atom. The molecule has 2 rings (SSSR count). The number of hydrogen-bond donors (Lipinski definition) is 1. The van der Waals surface area contributed by atoms with E-state index in [1.807, 2.05) is 0 Å². The minimum Gasteiger partial charge on any atom is -0.481 e. The van der Waals surface area contributed by atoms with Gasteiger partial charge in [-0.15, -0.1) is 0 Å². The highest BCUT2D eigenvalue weighted by atomic mass is 28.4. The van der Waals surface area contributed by atoms with Crippen LogP contribution in [0.3, 0.4) is 0 Å². The van der Waals surface area contributed by atoms with Crippen LogP contribution in [0, 0.1) is 23.7 Å². The number of rotatable bonds is 82. The first-order valence-electron chi connectivity index (χ1n) is 47.6. The Kier molecular flexibility index (Phi) is 68.1. The molecule has 0 aromatic rings. The van der Waals surface area contributed by atoms with E-state index in [-0.39, 0.29) is 23.4 Å². The Morgan fingerprint density at radius 1 is 0.366 bits per heavy atom. The van der Waals surface area contributed by atoms with Crippen LogP contribution in [0.2, 0.25) is 18.1 Å². The van der Waals surface area contributed by atoms with Gasteiger partial charge in [-0.1, -0.05) is 485 Å². The third kappa shape index (κ3) is 61.1. The molecule has 101 heavy (non-hydrogen) atoms. The molecule has 2 unspecified atom stereocenters. The molecule has 7 atom stereocenters. The second-order valence-corrected chi connectivity index (χ2v) is 41.0. The largest absolute Gasteiger partial charge is 0.481 e. The van der Waals surface area contributed by atoms with Crippen molar-refractivity contribution in [2.75, 3.05) is 6.61 Å². The van der Waals surface area contributed by atoms with Crippen LogP contribution in [0.25, 0.3) is 0 Å². The summed E-state index contributed by atoms with van der Waals surface area (Å²) in [5, 5.41) is 10.6. The molecule has 1 heterocycles. The highest BCUT2D eigenvalue weighted by Crippen LogP contribution is 2.46. The number of carbonyl (C=O) groups is 1. The summed E-state index contributed by atoms with van der Waals surface area (Å²) in [6.45, 7) is 19.5. The van der Waals surface area contributed by atoms with Crippen molar-refractivity contribution in [3.8, 4) is 0 Å². The summed E-state index contributed by atoms with van der Waals surface area (Å²) in [5.74, 6) is 1.80. The van der Waals surface area contributed by atoms with Crippen molar-refractivity contribution >= 4 is 14.3 Å². The maximum atomic E-state index is 12.8. The number of aliphatic carboxylic acids is 1. The predicted molar refractivity (Wildman–Crippen MR) is 451 cm³/mol. The van der Waals surface area contributed by atoms with Crippen molar-refractivity contribution in [2.24, 2.45) is 23.7 Å². The fourth-order valence-corrected chi connectivity index (χ4v) is 18.4. The topological polar surface area (TPSA) is 65.0 Å². The molecule has 2 fully saturated rings. The first kappa shape index (κ1) is 96.6. The van der Waals surface area contributed by atoms with E-state index >= 15 is 0 Å². The van der Waals surface area contributed by atoms with Gasteiger partial charge in [0.05, 0.1) is 18.1 Å². The molecule has 1 N–H and O–H groups in total. The zero-order valence-corrected chi connectivity index (χ0v) is 71.8. The number of carboxylic acid groups (broad SMARTS) is 1. The molecule has 1 aliphatic carbocycles. The summed E-state index contributed by atoms with van der Waals surface area (Å²) in [6.07, 6.45) is 107. The van der Waals surface area contributed by atoms with Gasteiger partial charge in [-0.25, -0.2) is 0 Å². The Labute approximate surface area is 637 Å². The average molecular weight is 1440 g/mol. The van der Waals surface area contributed by atoms with E-state index in [2.05, 4.69) is 54.6 Å². The summed E-state index contributed by atoms with van der Waals surface area (Å²) in [5.41, 5.74) is 0. The van der Waals surface area contributed by atoms with Crippen LogP contribution in [-0.4, -0.2) is 44.5 Å². The fraction of sp³-hybridized carbons (Fsp3) is 0.989. The SMILES string of the molecule is CCCCCCCCCCCCCCCCCCCCCCCCC(C(=O)O)[C@@H](CCCCCCCCCCCCCCC[C@@H]1C[C@@H]1CCCCCCCCCCCCCCCCCC[C@H](OC1CCCCO1)[C@@H](C)CCCCCCCCCCCCCCCCCC)O[Si](C)(C)C(C)(C)C. The standard InChI is InChI=1S/C95H188O5Si/c1-9-11-13-15-17-19-21-23-25-27-28-29-30-31-32-37-43-49-55-61-67-73-81-90(94(96)97)92(100-101(7,8)95(4,5)6)83-75-69-63-57-51-45-39-42-48-54-60-66-72-80-89-86-88(89)79-71-65-59-53-47-41-36-33-34-38-44-50-56-62-68-74-82-91(99-93-84-76-77-85-98-93)87(3)78-70-64-58-52-46-40-35-26-24-22-20-18-16-14-12-10-2/h87-93H,9-86H2,1-8H3,(H,96,97)/t87-,88-,89+,90?,91-,92+,93?/m0/s1. The molecule has 1 saturated heterocycles. The van der Waals surface area contributed by atoms with E-state index in [0.29, 0.717) is 12.0 Å². The lowest BCUT2D eigenvalue weighted by Crippen LogP contribution is -2.47. The lowest BCUT2D eigenvalue weighted by molar-refractivity contribution is -0.199. The molecule has 5 nitrogen and oxygen atoms in total. The van der Waals surface area contributed by atoms with Crippen molar-refractivity contribution in [2.45, 2.75) is 573 Å². The summed E-state index contributed by atoms with van der Waals surface area (Å²) in [7, 11) is -2.08. The summed E-state index contributed by atoms with van der Waals surface area (Å²) >= 11 is 0. The Balaban J connectivity index is 1.35. The van der Waals surface area contributed by atoms with Crippen molar-refractivity contribution in [1.29, 1.82) is 0 Å². The number of ether oxygens (including phenoxy) is 2. The summed E-state index contributed by atoms with van der Waals surface area (Å²) in [4.78, 5) is 12.8. The van der Waals surface area contributed by atoms with E-state index in [0.717, 1.165) is 57.0 Å². The zero-order chi connectivity index (χ0) is 72.9. The van der Waals surface area contributed by atoms with E-state index in [1.165, 1.54) is 449 Å². The molecule has 0 spiro atoms. The second kappa shape index (κ2) is 71.2. The monoisotopic (exact) mass is 1440 g/mol. The quantitative estimate of drug-likeness (QED) is 0.0486. The van der Waals surface area contributed by atoms with Gasteiger partial charge in [0.15, 0.2) is 14.6 Å². The maximum Gasteiger partial charge on any atom is 0.309 e. The minimum absolute atomic E-state index is 0.0506. The van der Waals surface area contributed by atoms with Gasteiger partial charge in [-0.2, -0.15) is 0 Å². The molecule has 1 saturated carbocycles. The van der Waals surface area contributed by atoms with E-state index in [4.69, 9.17) is 13.9 Å². The van der Waals surface area contributed by atoms with Crippen molar-refractivity contribution < 1.29 is 23.8 Å². The van der Waals surface area contributed by atoms with Crippen molar-refractivity contribution in [3.63, 3.8) is 0 Å². The van der Waals surface area contributed by atoms with Gasteiger partial charge in [-0.3, -0.25) is 4.79 Å². The van der Waals surface area contributed by atoms with Crippen molar-refractivity contribution in [1.82, 2.24) is 0 Å². The smallest absolute Gasteiger partial charge is 0.309 e. The number of hydrogen-bond acceptors (Lipinski definition) is 4. The normalized spacial score (nSPS) is 17.1. The molecule has 0 radical (unpaired) electrons. The van der Waals surface area contributed by atoms with Crippen molar-refractivity contribution in [3.05, 3.63) is 0 Å². The minimum atomic E-state index is -2.08. The average Bonchev–Trinajstić information content (AvgIpc) is 1.70. The maximum absolute atomic E-state index is 12.8. The highest BCUT2D eigenvalue weighted by Gasteiger charge is 2.42. The van der Waals surface area contributed by atoms with E-state index in [1.54, 1.807) is 6.42 Å². The van der Waals surface area contributed by atoms with E-state index in [9.17, 15) is 9.90 Å². The van der Waals surface area contributed by atoms with Crippen LogP contribution < -0.4 is 0 Å². The number of carboxylic acids is 1. The lowest BCUT2D eigenvalue weighted by atomic mass is 9.91. The molecule has 1 aliphatic heterocycles. The Hall–Kier alpha value is -0.433. The first-order chi connectivity index (χ1) is 49.4. The van der Waals surface area contributed by atoms with Gasteiger partial charge >= 0.3 is 5.97 Å². The molecular formula is C95H188O5Si. The molecule has 6 heteroatoms. The molecule has 602 valence electrons. The molecule has 0 aromatic heterocycles. The third-order valence-electron chi connectivity index (χ3n) is 25.4. The lowest BCUT2D eigenvalue weighted by Gasteiger charge is -2.41. The molecule has 0 bridgehead atoms. The van der Waals surface area contributed by atoms with Crippen LogP contribution in [0.5, 0.6) is 0 Å². The summed E-state index contributed by atoms with van der Waals surface area (Å²) < 4.78 is 19.8. The predicted octanol–water partition coefficient (Wildman–Crippen LogP) is 33.8. The third-order valence-corrected chi connectivity index (χ3v) is 29.9. The molecule has 2 aliphatic rings. The molecular weight excluding hydrogens is 1250 g/mol. The second-order valence-electron chi connectivity index (χ2n) is 36.3. The van der Waals surface area contributed by atoms with Gasteiger partial charge in [0.25, 0.3) is 0 Å². The van der Waals surface area contributed by atoms with Crippen LogP contribution >= 0.6 is 0 Å². The van der Waals surface area contributed by atoms with Crippen LogP contribution in [0.4, 0.5) is 0 Å². The Morgan fingerprint density at radius 2 is 0.624 bits per heavy atom. The van der Waals surface area contributed by atoms with Crippen LogP contribution in [0.1, 0.15) is 536 Å². The number of unbranched alkanes of at least 4 members (excludes halogenated alkanes) is 63. The summed E-state index contributed by atoms with van der Waals surface area (Å²) in [6, 6.07) is 0. The van der Waals surface area contributed by atoms with Gasteiger partial charge in [-0.05, 0) is 87.3 Å². The van der Waals surface area contributed by atoms with Gasteiger partial charge in [0.2, 0.25) is 0 Å². The molecule has 0 amide bonds. The van der Waals surface area contributed by atoms with Crippen LogP contribution in [0.15, 0.2) is 0 Å². The first-order valence-corrected chi connectivity index (χ1v) is 50.5.